The zero-order valence-electron chi connectivity index (χ0n) is 18.4. The number of fused-ring (bicyclic) bond motifs is 1. The van der Waals surface area contributed by atoms with Crippen molar-refractivity contribution in [3.63, 3.8) is 0 Å². The number of carbonyl (C=O) groups excluding carboxylic acids is 1. The zero-order chi connectivity index (χ0) is 25.9. The van der Waals surface area contributed by atoms with Crippen molar-refractivity contribution in [2.45, 2.75) is 18.3 Å². The van der Waals surface area contributed by atoms with Gasteiger partial charge >= 0.3 is 6.18 Å². The second kappa shape index (κ2) is 9.82. The highest BCUT2D eigenvalue weighted by molar-refractivity contribution is 5.92. The Bertz CT molecular complexity index is 1420. The van der Waals surface area contributed by atoms with Crippen molar-refractivity contribution in [2.75, 3.05) is 6.54 Å². The molecule has 0 saturated carbocycles. The molecule has 1 atom stereocenters. The molecule has 0 aliphatic rings. The van der Waals surface area contributed by atoms with E-state index in [2.05, 4.69) is 20.4 Å². The van der Waals surface area contributed by atoms with Crippen molar-refractivity contribution in [3.05, 3.63) is 95.7 Å². The lowest BCUT2D eigenvalue weighted by Gasteiger charge is -2.29. The van der Waals surface area contributed by atoms with Gasteiger partial charge in [0.05, 0.1) is 29.9 Å². The number of alkyl halides is 3. The lowest BCUT2D eigenvalue weighted by atomic mass is 9.92. The Hall–Kier alpha value is -4.19. The van der Waals surface area contributed by atoms with Crippen LogP contribution in [0.4, 0.5) is 22.0 Å². The summed E-state index contributed by atoms with van der Waals surface area (Å²) in [6.07, 6.45) is 0.467. The van der Waals surface area contributed by atoms with Crippen molar-refractivity contribution < 1.29 is 31.9 Å². The first kappa shape index (κ1) is 24.9. The van der Waals surface area contributed by atoms with E-state index in [-0.39, 0.29) is 17.5 Å². The molecule has 2 heterocycles. The summed E-state index contributed by atoms with van der Waals surface area (Å²) in [5.41, 5.74) is -2.43. The molecule has 2 aromatic carbocycles. The molecule has 2 N–H and O–H groups in total. The molecule has 7 nitrogen and oxygen atoms in total. The Balaban J connectivity index is 1.49. The minimum atomic E-state index is -4.47. The van der Waals surface area contributed by atoms with E-state index in [9.17, 15) is 31.9 Å². The van der Waals surface area contributed by atoms with E-state index in [4.69, 9.17) is 0 Å². The van der Waals surface area contributed by atoms with Gasteiger partial charge in [-0.05, 0) is 36.4 Å². The number of benzene rings is 2. The monoisotopic (exact) mass is 503 g/mol. The van der Waals surface area contributed by atoms with Gasteiger partial charge in [0, 0.05) is 23.1 Å². The molecular weight excluding hydrogens is 485 g/mol. The fourth-order valence-corrected chi connectivity index (χ4v) is 3.55. The number of halogens is 5. The minimum absolute atomic E-state index is 0.252. The molecule has 12 heteroatoms. The van der Waals surface area contributed by atoms with Gasteiger partial charge in [-0.3, -0.25) is 4.79 Å². The van der Waals surface area contributed by atoms with Crippen molar-refractivity contribution in [2.24, 2.45) is 0 Å². The van der Waals surface area contributed by atoms with Crippen molar-refractivity contribution >= 4 is 22.9 Å². The van der Waals surface area contributed by atoms with Crippen LogP contribution in [0.3, 0.4) is 0 Å². The fraction of sp³-hybridized carbons (Fsp3) is 0.167. The van der Waals surface area contributed by atoms with Crippen LogP contribution in [0.15, 0.2) is 67.3 Å². The molecule has 4 aromatic rings. The van der Waals surface area contributed by atoms with Gasteiger partial charge in [0.15, 0.2) is 0 Å². The summed E-state index contributed by atoms with van der Waals surface area (Å²) in [7, 11) is 0. The number of hydrogen-bond acceptors (Lipinski definition) is 5. The molecule has 0 bridgehead atoms. The van der Waals surface area contributed by atoms with Gasteiger partial charge in [0.1, 0.15) is 29.9 Å². The largest absolute Gasteiger partial charge is 0.416 e. The molecule has 0 radical (unpaired) electrons. The van der Waals surface area contributed by atoms with Crippen LogP contribution in [-0.4, -0.2) is 37.3 Å². The highest BCUT2D eigenvalue weighted by atomic mass is 19.4. The molecule has 0 aliphatic carbocycles. The van der Waals surface area contributed by atoms with Crippen molar-refractivity contribution in [3.8, 4) is 0 Å². The number of nitrogens with zero attached hydrogens (tertiary/aromatic N) is 4. The Kier molecular flexibility index (Phi) is 6.80. The van der Waals surface area contributed by atoms with Crippen LogP contribution in [0.25, 0.3) is 17.0 Å². The fourth-order valence-electron chi connectivity index (χ4n) is 3.55. The van der Waals surface area contributed by atoms with E-state index < -0.39 is 41.4 Å². The quantitative estimate of drug-likeness (QED) is 0.295. The Morgan fingerprint density at radius 3 is 2.58 bits per heavy atom. The molecule has 36 heavy (non-hydrogen) atoms. The summed E-state index contributed by atoms with van der Waals surface area (Å²) in [5, 5.41) is 17.8. The average molecular weight is 503 g/mol. The number of pyridine rings is 1. The SMILES string of the molecule is O=C(C=Cc1ccc2cc(C(F)(F)F)ccc2n1)NCC(O)(Cn1cncn1)c1ccc(F)cc1F. The first-order valence-electron chi connectivity index (χ1n) is 10.5. The number of hydrogen-bond donors (Lipinski definition) is 2. The summed E-state index contributed by atoms with van der Waals surface area (Å²) in [4.78, 5) is 20.4. The third kappa shape index (κ3) is 5.71. The topological polar surface area (TPSA) is 92.9 Å². The lowest BCUT2D eigenvalue weighted by molar-refractivity contribution is -0.137. The first-order chi connectivity index (χ1) is 17.0. The minimum Gasteiger partial charge on any atom is -0.381 e. The van der Waals surface area contributed by atoms with E-state index in [1.165, 1.54) is 41.6 Å². The van der Waals surface area contributed by atoms with Crippen LogP contribution in [0.1, 0.15) is 16.8 Å². The standard InChI is InChI=1S/C24H18F5N5O2/c25-17-3-6-19(20(26)10-17)23(36,12-34-14-30-13-32-34)11-31-22(35)8-5-18-4-1-15-9-16(24(27,28)29)2-7-21(15)33-18/h1-10,13-14,36H,11-12H2,(H,31,35). The maximum Gasteiger partial charge on any atom is 0.416 e. The summed E-state index contributed by atoms with van der Waals surface area (Å²) >= 11 is 0. The van der Waals surface area contributed by atoms with Crippen molar-refractivity contribution in [1.29, 1.82) is 0 Å². The second-order valence-corrected chi connectivity index (χ2v) is 7.94. The van der Waals surface area contributed by atoms with Crippen LogP contribution >= 0.6 is 0 Å². The van der Waals surface area contributed by atoms with E-state index in [1.54, 1.807) is 0 Å². The van der Waals surface area contributed by atoms with Crippen LogP contribution in [-0.2, 0) is 23.1 Å². The summed E-state index contributed by atoms with van der Waals surface area (Å²) in [6, 6.07) is 8.70. The number of aromatic nitrogens is 4. The third-order valence-corrected chi connectivity index (χ3v) is 5.32. The van der Waals surface area contributed by atoms with E-state index in [0.29, 0.717) is 17.3 Å². The van der Waals surface area contributed by atoms with Gasteiger partial charge in [0.25, 0.3) is 0 Å². The van der Waals surface area contributed by atoms with Gasteiger partial charge in [-0.25, -0.2) is 23.4 Å². The predicted molar refractivity (Wildman–Crippen MR) is 119 cm³/mol. The Morgan fingerprint density at radius 2 is 1.89 bits per heavy atom. The van der Waals surface area contributed by atoms with E-state index in [0.717, 1.165) is 30.3 Å². The van der Waals surface area contributed by atoms with Gasteiger partial charge in [-0.15, -0.1) is 0 Å². The molecule has 4 rings (SSSR count). The molecule has 0 spiro atoms. The molecule has 1 unspecified atom stereocenters. The van der Waals surface area contributed by atoms with E-state index >= 15 is 0 Å². The van der Waals surface area contributed by atoms with Crippen LogP contribution in [0, 0.1) is 11.6 Å². The van der Waals surface area contributed by atoms with Gasteiger partial charge < -0.3 is 10.4 Å². The molecular formula is C24H18F5N5O2. The molecule has 0 saturated heterocycles. The summed E-state index contributed by atoms with van der Waals surface area (Å²) in [5.74, 6) is -2.50. The maximum absolute atomic E-state index is 14.4. The normalized spacial score (nSPS) is 13.7. The molecule has 0 aliphatic heterocycles. The molecule has 1 amide bonds. The second-order valence-electron chi connectivity index (χ2n) is 7.94. The number of amides is 1. The van der Waals surface area contributed by atoms with Crippen molar-refractivity contribution in [1.82, 2.24) is 25.1 Å². The zero-order valence-corrected chi connectivity index (χ0v) is 18.4. The molecule has 2 aromatic heterocycles. The number of carbonyl (C=O) groups is 1. The number of aliphatic hydroxyl groups is 1. The highest BCUT2D eigenvalue weighted by Gasteiger charge is 2.34. The Morgan fingerprint density at radius 1 is 1.08 bits per heavy atom. The lowest BCUT2D eigenvalue weighted by Crippen LogP contribution is -2.44. The highest BCUT2D eigenvalue weighted by Crippen LogP contribution is 2.31. The summed E-state index contributed by atoms with van der Waals surface area (Å²) < 4.78 is 67.7. The average Bonchev–Trinajstić information content (AvgIpc) is 3.33. The summed E-state index contributed by atoms with van der Waals surface area (Å²) in [6.45, 7) is -0.740. The van der Waals surface area contributed by atoms with Crippen LogP contribution < -0.4 is 5.32 Å². The maximum atomic E-state index is 14.4. The smallest absolute Gasteiger partial charge is 0.381 e. The van der Waals surface area contributed by atoms with Crippen LogP contribution in [0.2, 0.25) is 0 Å². The first-order valence-corrected chi connectivity index (χ1v) is 10.5. The van der Waals surface area contributed by atoms with E-state index in [1.807, 2.05) is 0 Å². The van der Waals surface area contributed by atoms with Crippen LogP contribution in [0.5, 0.6) is 0 Å². The number of nitrogens with one attached hydrogen (secondary N) is 1. The molecule has 186 valence electrons. The molecule has 0 fully saturated rings. The van der Waals surface area contributed by atoms with Gasteiger partial charge in [-0.2, -0.15) is 18.3 Å². The number of rotatable bonds is 7. The third-order valence-electron chi connectivity index (χ3n) is 5.32. The predicted octanol–water partition coefficient (Wildman–Crippen LogP) is 3.84. The van der Waals surface area contributed by atoms with Gasteiger partial charge in [0.2, 0.25) is 5.91 Å². The Labute approximate surface area is 200 Å². The van der Waals surface area contributed by atoms with Gasteiger partial charge in [-0.1, -0.05) is 12.1 Å².